The van der Waals surface area contributed by atoms with Gasteiger partial charge < -0.3 is 5.73 Å². The molecule has 1 unspecified atom stereocenters. The first kappa shape index (κ1) is 15.5. The summed E-state index contributed by atoms with van der Waals surface area (Å²) >= 11 is 0. The van der Waals surface area contributed by atoms with Gasteiger partial charge in [-0.2, -0.15) is 0 Å². The Bertz CT molecular complexity index is 369. The van der Waals surface area contributed by atoms with Crippen LogP contribution in [0.15, 0.2) is 30.3 Å². The molecular weight excluding hydrogens is 246 g/mol. The van der Waals surface area contributed by atoms with Gasteiger partial charge in [0.05, 0.1) is 0 Å². The van der Waals surface area contributed by atoms with Crippen LogP contribution in [-0.2, 0) is 6.42 Å². The topological polar surface area (TPSA) is 32.5 Å². The third-order valence-electron chi connectivity index (χ3n) is 4.48. The Labute approximate surface area is 123 Å². The number of piperazine rings is 1. The maximum Gasteiger partial charge on any atom is 0.0222 e. The highest BCUT2D eigenvalue weighted by Gasteiger charge is 2.23. The second kappa shape index (κ2) is 7.77. The third kappa shape index (κ3) is 4.30. The Kier molecular flexibility index (Phi) is 6.02. The third-order valence-corrected chi connectivity index (χ3v) is 4.48. The molecule has 112 valence electrons. The Morgan fingerprint density at radius 2 is 1.60 bits per heavy atom. The van der Waals surface area contributed by atoms with Gasteiger partial charge in [0.15, 0.2) is 0 Å². The molecule has 0 aromatic heterocycles. The zero-order chi connectivity index (χ0) is 14.4. The molecule has 1 aromatic carbocycles. The van der Waals surface area contributed by atoms with E-state index in [1.54, 1.807) is 0 Å². The Morgan fingerprint density at radius 1 is 1.00 bits per heavy atom. The fourth-order valence-electron chi connectivity index (χ4n) is 3.05. The van der Waals surface area contributed by atoms with Crippen LogP contribution in [0.25, 0.3) is 0 Å². The normalized spacial score (nSPS) is 19.4. The van der Waals surface area contributed by atoms with Gasteiger partial charge in [-0.1, -0.05) is 30.3 Å². The molecule has 1 fully saturated rings. The van der Waals surface area contributed by atoms with Crippen LogP contribution in [0.5, 0.6) is 0 Å². The lowest BCUT2D eigenvalue weighted by Crippen LogP contribution is -2.53. The number of benzene rings is 1. The van der Waals surface area contributed by atoms with Crippen LogP contribution < -0.4 is 5.73 Å². The van der Waals surface area contributed by atoms with Crippen molar-refractivity contribution in [2.45, 2.75) is 38.8 Å². The van der Waals surface area contributed by atoms with Gasteiger partial charge >= 0.3 is 0 Å². The summed E-state index contributed by atoms with van der Waals surface area (Å²) in [6.45, 7) is 10.0. The lowest BCUT2D eigenvalue weighted by atomic mass is 10.0. The van der Waals surface area contributed by atoms with Crippen molar-refractivity contribution in [3.63, 3.8) is 0 Å². The molecule has 0 saturated carbocycles. The number of rotatable bonds is 6. The van der Waals surface area contributed by atoms with Crippen LogP contribution in [-0.4, -0.2) is 54.6 Å². The maximum atomic E-state index is 6.01. The molecule has 1 aromatic rings. The first-order valence-electron chi connectivity index (χ1n) is 7.92. The highest BCUT2D eigenvalue weighted by molar-refractivity contribution is 5.14. The average molecular weight is 275 g/mol. The molecule has 3 heteroatoms. The Morgan fingerprint density at radius 3 is 2.15 bits per heavy atom. The Balaban J connectivity index is 1.80. The molecule has 3 nitrogen and oxygen atoms in total. The smallest absolute Gasteiger partial charge is 0.0222 e. The van der Waals surface area contributed by atoms with Gasteiger partial charge in [0.2, 0.25) is 0 Å². The van der Waals surface area contributed by atoms with Crippen LogP contribution in [0.3, 0.4) is 0 Å². The van der Waals surface area contributed by atoms with Crippen molar-refractivity contribution < 1.29 is 0 Å². The van der Waals surface area contributed by atoms with E-state index in [9.17, 15) is 0 Å². The van der Waals surface area contributed by atoms with Crippen LogP contribution >= 0.6 is 0 Å². The van der Waals surface area contributed by atoms with Crippen LogP contribution in [0.4, 0.5) is 0 Å². The maximum absolute atomic E-state index is 6.01. The van der Waals surface area contributed by atoms with Crippen molar-refractivity contribution in [3.8, 4) is 0 Å². The molecule has 1 saturated heterocycles. The van der Waals surface area contributed by atoms with Gasteiger partial charge in [-0.3, -0.25) is 9.80 Å². The van der Waals surface area contributed by atoms with E-state index in [4.69, 9.17) is 5.73 Å². The predicted molar refractivity (Wildman–Crippen MR) is 85.9 cm³/mol. The van der Waals surface area contributed by atoms with Crippen LogP contribution in [0, 0.1) is 0 Å². The number of hydrogen-bond donors (Lipinski definition) is 1. The van der Waals surface area contributed by atoms with E-state index in [0.717, 1.165) is 26.1 Å². The standard InChI is InChI=1S/C17H29N3/c1-15(2)19-10-12-20(13-11-19)17(14-18)9-8-16-6-4-3-5-7-16/h3-7,15,17H,8-14,18H2,1-2H3. The lowest BCUT2D eigenvalue weighted by molar-refractivity contribution is 0.0776. The average Bonchev–Trinajstić information content (AvgIpc) is 2.49. The molecule has 2 N–H and O–H groups in total. The molecule has 0 amide bonds. The zero-order valence-corrected chi connectivity index (χ0v) is 13.0. The van der Waals surface area contributed by atoms with Gasteiger partial charge in [0.25, 0.3) is 0 Å². The SMILES string of the molecule is CC(C)N1CCN(C(CN)CCc2ccccc2)CC1. The van der Waals surface area contributed by atoms with Crippen LogP contribution in [0.1, 0.15) is 25.8 Å². The lowest BCUT2D eigenvalue weighted by Gasteiger charge is -2.40. The van der Waals surface area contributed by atoms with Gasteiger partial charge in [-0.15, -0.1) is 0 Å². The molecule has 1 atom stereocenters. The zero-order valence-electron chi connectivity index (χ0n) is 13.0. The molecule has 1 aliphatic rings. The number of aryl methyl sites for hydroxylation is 1. The van der Waals surface area contributed by atoms with Crippen LogP contribution in [0.2, 0.25) is 0 Å². The first-order valence-corrected chi connectivity index (χ1v) is 7.92. The van der Waals surface area contributed by atoms with E-state index >= 15 is 0 Å². The van der Waals surface area contributed by atoms with E-state index in [1.165, 1.54) is 25.1 Å². The molecule has 20 heavy (non-hydrogen) atoms. The molecule has 0 radical (unpaired) electrons. The van der Waals surface area contributed by atoms with Crippen molar-refractivity contribution in [1.29, 1.82) is 0 Å². The second-order valence-corrected chi connectivity index (χ2v) is 6.08. The first-order chi connectivity index (χ1) is 9.70. The number of hydrogen-bond acceptors (Lipinski definition) is 3. The quantitative estimate of drug-likeness (QED) is 0.861. The van der Waals surface area contributed by atoms with Gasteiger partial charge in [0, 0.05) is 44.8 Å². The number of nitrogens with zero attached hydrogens (tertiary/aromatic N) is 2. The summed E-state index contributed by atoms with van der Waals surface area (Å²) in [7, 11) is 0. The fraction of sp³-hybridized carbons (Fsp3) is 0.647. The van der Waals surface area contributed by atoms with E-state index < -0.39 is 0 Å². The highest BCUT2D eigenvalue weighted by atomic mass is 15.3. The minimum Gasteiger partial charge on any atom is -0.329 e. The van der Waals surface area contributed by atoms with Crippen molar-refractivity contribution in [1.82, 2.24) is 9.80 Å². The summed E-state index contributed by atoms with van der Waals surface area (Å²) in [5.41, 5.74) is 7.43. The fourth-order valence-corrected chi connectivity index (χ4v) is 3.05. The van der Waals surface area contributed by atoms with Crippen molar-refractivity contribution in [3.05, 3.63) is 35.9 Å². The summed E-state index contributed by atoms with van der Waals surface area (Å²) in [5, 5.41) is 0. The second-order valence-electron chi connectivity index (χ2n) is 6.08. The largest absolute Gasteiger partial charge is 0.329 e. The van der Waals surface area contributed by atoms with E-state index in [0.29, 0.717) is 12.1 Å². The summed E-state index contributed by atoms with van der Waals surface area (Å²) in [5.74, 6) is 0. The van der Waals surface area contributed by atoms with E-state index in [-0.39, 0.29) is 0 Å². The summed E-state index contributed by atoms with van der Waals surface area (Å²) in [6, 6.07) is 11.9. The van der Waals surface area contributed by atoms with E-state index in [1.807, 2.05) is 0 Å². The van der Waals surface area contributed by atoms with E-state index in [2.05, 4.69) is 54.0 Å². The minimum absolute atomic E-state index is 0.532. The van der Waals surface area contributed by atoms with Gasteiger partial charge in [0.1, 0.15) is 0 Å². The molecule has 1 heterocycles. The molecular formula is C17H29N3. The molecule has 0 spiro atoms. The summed E-state index contributed by atoms with van der Waals surface area (Å²) < 4.78 is 0. The predicted octanol–water partition coefficient (Wildman–Crippen LogP) is 1.97. The van der Waals surface area contributed by atoms with Crippen molar-refractivity contribution in [2.75, 3.05) is 32.7 Å². The Hall–Kier alpha value is -0.900. The summed E-state index contributed by atoms with van der Waals surface area (Å²) in [6.07, 6.45) is 2.30. The van der Waals surface area contributed by atoms with Crippen molar-refractivity contribution >= 4 is 0 Å². The molecule has 1 aliphatic heterocycles. The summed E-state index contributed by atoms with van der Waals surface area (Å²) in [4.78, 5) is 5.14. The monoisotopic (exact) mass is 275 g/mol. The van der Waals surface area contributed by atoms with Gasteiger partial charge in [-0.25, -0.2) is 0 Å². The molecule has 0 bridgehead atoms. The molecule has 0 aliphatic carbocycles. The van der Waals surface area contributed by atoms with Gasteiger partial charge in [-0.05, 0) is 32.3 Å². The minimum atomic E-state index is 0.532. The molecule has 2 rings (SSSR count). The highest BCUT2D eigenvalue weighted by Crippen LogP contribution is 2.13. The van der Waals surface area contributed by atoms with Crippen molar-refractivity contribution in [2.24, 2.45) is 5.73 Å². The number of nitrogens with two attached hydrogens (primary N) is 1.